The van der Waals surface area contributed by atoms with E-state index in [1.54, 1.807) is 42.6 Å². The molecular weight excluding hydrogens is 394 g/mol. The highest BCUT2D eigenvalue weighted by atomic mass is 32.2. The lowest BCUT2D eigenvalue weighted by Gasteiger charge is -2.17. The van der Waals surface area contributed by atoms with Crippen LogP contribution < -0.4 is 14.8 Å². The van der Waals surface area contributed by atoms with Crippen molar-refractivity contribution < 1.29 is 22.7 Å². The lowest BCUT2D eigenvalue weighted by molar-refractivity contribution is -0.121. The minimum Gasteiger partial charge on any atom is -0.484 e. The van der Waals surface area contributed by atoms with E-state index >= 15 is 0 Å². The van der Waals surface area contributed by atoms with Crippen molar-refractivity contribution >= 4 is 38.3 Å². The van der Waals surface area contributed by atoms with E-state index in [-0.39, 0.29) is 10.8 Å². The lowest BCUT2D eigenvalue weighted by atomic mass is 10.0. The van der Waals surface area contributed by atoms with E-state index in [9.17, 15) is 18.0 Å². The number of carbonyl (C=O) groups is 2. The molecule has 0 fully saturated rings. The van der Waals surface area contributed by atoms with Crippen LogP contribution in [0.1, 0.15) is 12.0 Å². The maximum atomic E-state index is 12.6. The first-order chi connectivity index (χ1) is 13.9. The van der Waals surface area contributed by atoms with Crippen molar-refractivity contribution in [1.82, 2.24) is 9.71 Å². The average Bonchev–Trinajstić information content (AvgIpc) is 2.71. The van der Waals surface area contributed by atoms with Gasteiger partial charge in [-0.15, -0.1) is 0 Å². The van der Waals surface area contributed by atoms with Gasteiger partial charge in [0, 0.05) is 35.3 Å². The van der Waals surface area contributed by atoms with E-state index in [4.69, 9.17) is 4.74 Å². The molecule has 2 amide bonds. The Kier molecular flexibility index (Phi) is 4.89. The lowest BCUT2D eigenvalue weighted by Crippen LogP contribution is -2.34. The molecule has 1 aromatic heterocycles. The number of aryl methyl sites for hydroxylation is 1. The molecule has 1 aliphatic heterocycles. The van der Waals surface area contributed by atoms with Crippen molar-refractivity contribution in [3.63, 3.8) is 0 Å². The molecule has 0 saturated carbocycles. The molecule has 0 saturated heterocycles. The summed E-state index contributed by atoms with van der Waals surface area (Å²) in [6, 6.07) is 11.4. The van der Waals surface area contributed by atoms with Gasteiger partial charge in [-0.1, -0.05) is 12.1 Å². The summed E-state index contributed by atoms with van der Waals surface area (Å²) in [7, 11) is -4.07. The molecule has 0 spiro atoms. The molecule has 3 aromatic rings. The Morgan fingerprint density at radius 2 is 2.03 bits per heavy atom. The molecular formula is C20H17N3O5S. The predicted molar refractivity (Wildman–Crippen MR) is 106 cm³/mol. The predicted octanol–water partition coefficient (Wildman–Crippen LogP) is 2.00. The second-order valence-corrected chi connectivity index (χ2v) is 8.19. The fraction of sp³-hybridized carbons (Fsp3) is 0.150. The maximum absolute atomic E-state index is 12.6. The van der Waals surface area contributed by atoms with Crippen LogP contribution in [-0.2, 0) is 26.0 Å². The zero-order chi connectivity index (χ0) is 20.4. The normalized spacial score (nSPS) is 13.4. The Bertz CT molecular complexity index is 1220. The van der Waals surface area contributed by atoms with E-state index < -0.39 is 22.5 Å². The molecule has 4 rings (SSSR count). The number of amides is 2. The third kappa shape index (κ3) is 4.04. The van der Waals surface area contributed by atoms with Crippen LogP contribution in [0.5, 0.6) is 5.75 Å². The number of sulfonamides is 1. The first-order valence-corrected chi connectivity index (χ1v) is 10.3. The van der Waals surface area contributed by atoms with Crippen LogP contribution in [0.15, 0.2) is 59.8 Å². The summed E-state index contributed by atoms with van der Waals surface area (Å²) in [6.45, 7) is -0.462. The molecule has 0 atom stereocenters. The molecule has 2 aromatic carbocycles. The van der Waals surface area contributed by atoms with Crippen molar-refractivity contribution in [3.8, 4) is 5.75 Å². The molecule has 0 radical (unpaired) electrons. The van der Waals surface area contributed by atoms with Crippen molar-refractivity contribution in [3.05, 3.63) is 60.4 Å². The number of anilines is 1. The van der Waals surface area contributed by atoms with Gasteiger partial charge in [-0.3, -0.25) is 14.6 Å². The highest BCUT2D eigenvalue weighted by molar-refractivity contribution is 7.90. The number of nitrogens with one attached hydrogen (secondary N) is 2. The van der Waals surface area contributed by atoms with Crippen LogP contribution in [0, 0.1) is 0 Å². The highest BCUT2D eigenvalue weighted by Crippen LogP contribution is 2.27. The number of carbonyl (C=O) groups excluding carboxylic acids is 2. The van der Waals surface area contributed by atoms with Gasteiger partial charge in [0.1, 0.15) is 5.75 Å². The van der Waals surface area contributed by atoms with Gasteiger partial charge >= 0.3 is 0 Å². The van der Waals surface area contributed by atoms with Crippen LogP contribution in [-0.4, -0.2) is 31.8 Å². The van der Waals surface area contributed by atoms with Crippen LogP contribution >= 0.6 is 0 Å². The number of ether oxygens (including phenoxy) is 1. The highest BCUT2D eigenvalue weighted by Gasteiger charge is 2.21. The summed E-state index contributed by atoms with van der Waals surface area (Å²) in [6.07, 6.45) is 4.01. The molecule has 148 valence electrons. The van der Waals surface area contributed by atoms with Crippen LogP contribution in [0.3, 0.4) is 0 Å². The molecule has 1 aliphatic rings. The number of hydrogen-bond donors (Lipinski definition) is 2. The first-order valence-electron chi connectivity index (χ1n) is 8.86. The summed E-state index contributed by atoms with van der Waals surface area (Å²) < 4.78 is 32.7. The van der Waals surface area contributed by atoms with Gasteiger partial charge in [0.05, 0.1) is 4.90 Å². The second-order valence-electron chi connectivity index (χ2n) is 6.54. The Balaban J connectivity index is 1.45. The van der Waals surface area contributed by atoms with Crippen molar-refractivity contribution in [2.24, 2.45) is 0 Å². The van der Waals surface area contributed by atoms with E-state index in [0.29, 0.717) is 35.1 Å². The zero-order valence-corrected chi connectivity index (χ0v) is 16.0. The Morgan fingerprint density at radius 1 is 1.17 bits per heavy atom. The summed E-state index contributed by atoms with van der Waals surface area (Å²) in [5.41, 5.74) is 1.62. The smallest absolute Gasteiger partial charge is 0.271 e. The fourth-order valence-corrected chi connectivity index (χ4v) is 4.36. The number of hydrogen-bond acceptors (Lipinski definition) is 6. The number of rotatable bonds is 5. The largest absolute Gasteiger partial charge is 0.484 e. The van der Waals surface area contributed by atoms with Gasteiger partial charge in [-0.25, -0.2) is 13.1 Å². The van der Waals surface area contributed by atoms with Gasteiger partial charge in [0.2, 0.25) is 5.91 Å². The monoisotopic (exact) mass is 411 g/mol. The van der Waals surface area contributed by atoms with E-state index in [0.717, 1.165) is 5.56 Å². The molecule has 8 nitrogen and oxygen atoms in total. The van der Waals surface area contributed by atoms with Gasteiger partial charge in [-0.05, 0) is 42.3 Å². The number of pyridine rings is 1. The fourth-order valence-electron chi connectivity index (χ4n) is 3.16. The molecule has 0 aliphatic carbocycles. The number of benzene rings is 2. The van der Waals surface area contributed by atoms with E-state index in [1.165, 1.54) is 12.3 Å². The van der Waals surface area contributed by atoms with E-state index in [2.05, 4.69) is 10.3 Å². The topological polar surface area (TPSA) is 114 Å². The summed E-state index contributed by atoms with van der Waals surface area (Å²) in [5.74, 6) is -0.411. The number of aromatic nitrogens is 1. The van der Waals surface area contributed by atoms with Crippen molar-refractivity contribution in [2.75, 3.05) is 11.9 Å². The number of fused-ring (bicyclic) bond motifs is 2. The Morgan fingerprint density at radius 3 is 2.90 bits per heavy atom. The molecule has 0 unspecified atom stereocenters. The second kappa shape index (κ2) is 7.51. The molecule has 2 heterocycles. The van der Waals surface area contributed by atoms with Crippen LogP contribution in [0.25, 0.3) is 10.8 Å². The number of nitrogens with zero attached hydrogens (tertiary/aromatic N) is 1. The minimum atomic E-state index is -4.07. The Hall–Kier alpha value is -3.46. The van der Waals surface area contributed by atoms with Crippen LogP contribution in [0.2, 0.25) is 0 Å². The molecule has 2 N–H and O–H groups in total. The third-order valence-corrected chi connectivity index (χ3v) is 5.95. The van der Waals surface area contributed by atoms with Crippen LogP contribution in [0.4, 0.5) is 5.69 Å². The van der Waals surface area contributed by atoms with Gasteiger partial charge < -0.3 is 10.1 Å². The van der Waals surface area contributed by atoms with E-state index in [1.807, 2.05) is 4.72 Å². The zero-order valence-electron chi connectivity index (χ0n) is 15.2. The molecule has 29 heavy (non-hydrogen) atoms. The summed E-state index contributed by atoms with van der Waals surface area (Å²) in [4.78, 5) is 27.6. The average molecular weight is 411 g/mol. The quantitative estimate of drug-likeness (QED) is 0.664. The van der Waals surface area contributed by atoms with Gasteiger partial charge in [-0.2, -0.15) is 0 Å². The van der Waals surface area contributed by atoms with Gasteiger partial charge in [0.15, 0.2) is 6.61 Å². The SMILES string of the molecule is O=C1CCc2cc(OCC(=O)NS(=O)(=O)c3cccc4cnccc34)ccc2N1. The summed E-state index contributed by atoms with van der Waals surface area (Å²) >= 11 is 0. The minimum absolute atomic E-state index is 0.00438. The summed E-state index contributed by atoms with van der Waals surface area (Å²) in [5, 5.41) is 3.88. The molecule has 0 bridgehead atoms. The maximum Gasteiger partial charge on any atom is 0.271 e. The third-order valence-electron chi connectivity index (χ3n) is 4.52. The van der Waals surface area contributed by atoms with Crippen molar-refractivity contribution in [1.29, 1.82) is 0 Å². The Labute approximate surface area is 167 Å². The standard InChI is InChI=1S/C20H17N3O5S/c24-19-7-4-13-10-15(5-6-17(13)22-19)28-12-20(25)23-29(26,27)18-3-1-2-14-11-21-9-8-16(14)18/h1-3,5-6,8-11H,4,7,12H2,(H,22,24)(H,23,25). The first kappa shape index (κ1) is 18.9. The van der Waals surface area contributed by atoms with Crippen molar-refractivity contribution in [2.45, 2.75) is 17.7 Å². The van der Waals surface area contributed by atoms with Gasteiger partial charge in [0.25, 0.3) is 15.9 Å². The molecule has 9 heteroatoms.